The number of amides is 1. The summed E-state index contributed by atoms with van der Waals surface area (Å²) in [7, 11) is 0. The largest absolute Gasteiger partial charge is 0.352 e. The van der Waals surface area contributed by atoms with Gasteiger partial charge in [0.15, 0.2) is 0 Å². The third-order valence-electron chi connectivity index (χ3n) is 2.86. The molecular formula is C13H18ClN5O. The van der Waals surface area contributed by atoms with Crippen molar-refractivity contribution in [3.8, 4) is 5.69 Å². The van der Waals surface area contributed by atoms with Gasteiger partial charge in [-0.3, -0.25) is 4.79 Å². The van der Waals surface area contributed by atoms with Crippen LogP contribution in [-0.4, -0.2) is 27.2 Å². The highest BCUT2D eigenvalue weighted by molar-refractivity contribution is 5.85. The Morgan fingerprint density at radius 2 is 2.30 bits per heavy atom. The summed E-state index contributed by atoms with van der Waals surface area (Å²) in [5.41, 5.74) is 7.37. The molecule has 108 valence electrons. The second-order valence-corrected chi connectivity index (χ2v) is 4.36. The van der Waals surface area contributed by atoms with Gasteiger partial charge in [-0.15, -0.1) is 12.4 Å². The number of nitrogens with zero attached hydrogens (tertiary/aromatic N) is 3. The molecule has 0 aliphatic rings. The summed E-state index contributed by atoms with van der Waals surface area (Å²) in [6, 6.07) is 7.77. The van der Waals surface area contributed by atoms with E-state index in [-0.39, 0.29) is 24.2 Å². The molecule has 3 N–H and O–H groups in total. The number of benzene rings is 1. The number of rotatable bonds is 5. The van der Waals surface area contributed by atoms with Crippen molar-refractivity contribution in [1.82, 2.24) is 20.1 Å². The van der Waals surface area contributed by atoms with Crippen molar-refractivity contribution in [3.63, 3.8) is 0 Å². The lowest BCUT2D eigenvalue weighted by molar-refractivity contribution is -0.124. The van der Waals surface area contributed by atoms with Crippen molar-refractivity contribution in [2.45, 2.75) is 13.5 Å². The van der Waals surface area contributed by atoms with Crippen LogP contribution in [0, 0.1) is 5.92 Å². The summed E-state index contributed by atoms with van der Waals surface area (Å²) in [5.74, 6) is -0.202. The van der Waals surface area contributed by atoms with E-state index in [9.17, 15) is 4.79 Å². The zero-order valence-corrected chi connectivity index (χ0v) is 12.0. The average molecular weight is 296 g/mol. The van der Waals surface area contributed by atoms with Gasteiger partial charge in [0.1, 0.15) is 12.7 Å². The van der Waals surface area contributed by atoms with Gasteiger partial charge in [-0.25, -0.2) is 9.67 Å². The van der Waals surface area contributed by atoms with Crippen LogP contribution in [0.5, 0.6) is 0 Å². The minimum Gasteiger partial charge on any atom is -0.352 e. The smallest absolute Gasteiger partial charge is 0.224 e. The van der Waals surface area contributed by atoms with Gasteiger partial charge in [0, 0.05) is 19.0 Å². The van der Waals surface area contributed by atoms with Crippen LogP contribution in [-0.2, 0) is 11.3 Å². The molecule has 7 heteroatoms. The monoisotopic (exact) mass is 295 g/mol. The number of hydrogen-bond acceptors (Lipinski definition) is 4. The maximum atomic E-state index is 11.6. The van der Waals surface area contributed by atoms with Gasteiger partial charge in [-0.05, 0) is 17.7 Å². The first-order valence-corrected chi connectivity index (χ1v) is 6.12. The van der Waals surface area contributed by atoms with Crippen LogP contribution >= 0.6 is 12.4 Å². The van der Waals surface area contributed by atoms with Crippen molar-refractivity contribution in [3.05, 3.63) is 42.5 Å². The molecule has 0 spiro atoms. The van der Waals surface area contributed by atoms with Crippen molar-refractivity contribution in [2.75, 3.05) is 6.54 Å². The van der Waals surface area contributed by atoms with E-state index in [1.807, 2.05) is 24.3 Å². The van der Waals surface area contributed by atoms with E-state index < -0.39 is 0 Å². The summed E-state index contributed by atoms with van der Waals surface area (Å²) in [6.45, 7) is 2.64. The van der Waals surface area contributed by atoms with Crippen molar-refractivity contribution < 1.29 is 4.79 Å². The quantitative estimate of drug-likeness (QED) is 0.858. The molecule has 1 heterocycles. The first-order chi connectivity index (χ1) is 9.20. The molecule has 1 unspecified atom stereocenters. The number of aromatic nitrogens is 3. The fraction of sp³-hybridized carbons (Fsp3) is 0.308. The molecule has 1 amide bonds. The Balaban J connectivity index is 0.00000200. The van der Waals surface area contributed by atoms with E-state index in [2.05, 4.69) is 15.4 Å². The Labute approximate surface area is 123 Å². The Bertz CT molecular complexity index is 543. The van der Waals surface area contributed by atoms with E-state index >= 15 is 0 Å². The highest BCUT2D eigenvalue weighted by atomic mass is 35.5. The summed E-state index contributed by atoms with van der Waals surface area (Å²) in [5, 5.41) is 6.92. The van der Waals surface area contributed by atoms with Crippen LogP contribution in [0.1, 0.15) is 12.5 Å². The topological polar surface area (TPSA) is 85.8 Å². The minimum absolute atomic E-state index is 0. The van der Waals surface area contributed by atoms with E-state index in [1.165, 1.54) is 6.33 Å². The number of carbonyl (C=O) groups excluding carboxylic acids is 1. The van der Waals surface area contributed by atoms with E-state index in [4.69, 9.17) is 5.73 Å². The van der Waals surface area contributed by atoms with Crippen LogP contribution in [0.2, 0.25) is 0 Å². The number of nitrogens with one attached hydrogen (secondary N) is 1. The molecule has 0 aliphatic carbocycles. The van der Waals surface area contributed by atoms with E-state index in [1.54, 1.807) is 17.9 Å². The molecular weight excluding hydrogens is 278 g/mol. The van der Waals surface area contributed by atoms with E-state index in [0.29, 0.717) is 13.1 Å². The van der Waals surface area contributed by atoms with Gasteiger partial charge in [0.2, 0.25) is 5.91 Å². The Hall–Kier alpha value is -1.92. The van der Waals surface area contributed by atoms with Gasteiger partial charge in [0.05, 0.1) is 5.69 Å². The Kier molecular flexibility index (Phi) is 6.14. The first-order valence-electron chi connectivity index (χ1n) is 6.12. The zero-order valence-electron chi connectivity index (χ0n) is 11.2. The molecule has 0 saturated carbocycles. The minimum atomic E-state index is -0.168. The maximum absolute atomic E-state index is 11.6. The molecule has 0 bridgehead atoms. The van der Waals surface area contributed by atoms with Crippen molar-refractivity contribution in [1.29, 1.82) is 0 Å². The van der Waals surface area contributed by atoms with Crippen LogP contribution < -0.4 is 11.1 Å². The SMILES string of the molecule is CC(CN)C(=O)NCc1cccc(-n2cncn2)c1.Cl. The molecule has 1 aromatic carbocycles. The molecule has 1 aromatic heterocycles. The summed E-state index contributed by atoms with van der Waals surface area (Å²) in [6.07, 6.45) is 3.12. The second kappa shape index (κ2) is 7.62. The molecule has 2 aromatic rings. The molecule has 20 heavy (non-hydrogen) atoms. The van der Waals surface area contributed by atoms with Crippen LogP contribution in [0.15, 0.2) is 36.9 Å². The van der Waals surface area contributed by atoms with E-state index in [0.717, 1.165) is 11.3 Å². The average Bonchev–Trinajstić information content (AvgIpc) is 2.98. The summed E-state index contributed by atoms with van der Waals surface area (Å²) in [4.78, 5) is 15.5. The molecule has 0 radical (unpaired) electrons. The van der Waals surface area contributed by atoms with Gasteiger partial charge >= 0.3 is 0 Å². The normalized spacial score (nSPS) is 11.5. The van der Waals surface area contributed by atoms with Gasteiger partial charge in [-0.2, -0.15) is 5.10 Å². The number of nitrogens with two attached hydrogens (primary N) is 1. The van der Waals surface area contributed by atoms with Crippen molar-refractivity contribution >= 4 is 18.3 Å². The third-order valence-corrected chi connectivity index (χ3v) is 2.86. The number of carbonyl (C=O) groups is 1. The van der Waals surface area contributed by atoms with Gasteiger partial charge in [-0.1, -0.05) is 19.1 Å². The predicted octanol–water partition coefficient (Wildman–Crippen LogP) is 0.900. The maximum Gasteiger partial charge on any atom is 0.224 e. The third kappa shape index (κ3) is 4.04. The predicted molar refractivity (Wildman–Crippen MR) is 78.7 cm³/mol. The Morgan fingerprint density at radius 3 is 2.95 bits per heavy atom. The molecule has 1 atom stereocenters. The van der Waals surface area contributed by atoms with Crippen LogP contribution in [0.25, 0.3) is 5.69 Å². The lowest BCUT2D eigenvalue weighted by atomic mass is 10.1. The molecule has 0 fully saturated rings. The van der Waals surface area contributed by atoms with Crippen molar-refractivity contribution in [2.24, 2.45) is 11.7 Å². The number of halogens is 1. The summed E-state index contributed by atoms with van der Waals surface area (Å²) >= 11 is 0. The first kappa shape index (κ1) is 16.1. The van der Waals surface area contributed by atoms with Crippen LogP contribution in [0.3, 0.4) is 0 Å². The molecule has 2 rings (SSSR count). The fourth-order valence-corrected chi connectivity index (χ4v) is 1.62. The van der Waals surface area contributed by atoms with Crippen LogP contribution in [0.4, 0.5) is 0 Å². The second-order valence-electron chi connectivity index (χ2n) is 4.36. The lowest BCUT2D eigenvalue weighted by Gasteiger charge is -2.10. The highest BCUT2D eigenvalue weighted by Crippen LogP contribution is 2.09. The summed E-state index contributed by atoms with van der Waals surface area (Å²) < 4.78 is 1.67. The number of hydrogen-bond donors (Lipinski definition) is 2. The molecule has 0 aliphatic heterocycles. The van der Waals surface area contributed by atoms with Gasteiger partial charge in [0.25, 0.3) is 0 Å². The zero-order chi connectivity index (χ0) is 13.7. The highest BCUT2D eigenvalue weighted by Gasteiger charge is 2.09. The molecule has 6 nitrogen and oxygen atoms in total. The standard InChI is InChI=1S/C13H17N5O.ClH/c1-10(6-14)13(19)16-7-11-3-2-4-12(5-11)18-9-15-8-17-18;/h2-5,8-10H,6-7,14H2,1H3,(H,16,19);1H. The van der Waals surface area contributed by atoms with Gasteiger partial charge < -0.3 is 11.1 Å². The molecule has 0 saturated heterocycles. The fourth-order valence-electron chi connectivity index (χ4n) is 1.62. The lowest BCUT2D eigenvalue weighted by Crippen LogP contribution is -2.32. The Morgan fingerprint density at radius 1 is 1.50 bits per heavy atom.